The first kappa shape index (κ1) is 14.2. The molecule has 6 nitrogen and oxygen atoms in total. The molecule has 1 atom stereocenters. The maximum Gasteiger partial charge on any atom is 0.246 e. The molecule has 0 radical (unpaired) electrons. The van der Waals surface area contributed by atoms with Gasteiger partial charge in [-0.2, -0.15) is 0 Å². The van der Waals surface area contributed by atoms with Crippen LogP contribution >= 0.6 is 11.3 Å². The summed E-state index contributed by atoms with van der Waals surface area (Å²) in [7, 11) is 0. The minimum Gasteiger partial charge on any atom is -0.376 e. The number of thiazole rings is 1. The fourth-order valence-electron chi connectivity index (χ4n) is 1.87. The predicted octanol–water partition coefficient (Wildman–Crippen LogP) is 0.927. The summed E-state index contributed by atoms with van der Waals surface area (Å²) in [5, 5.41) is 5.07. The van der Waals surface area contributed by atoms with E-state index >= 15 is 0 Å². The Hall–Kier alpha value is -1.18. The largest absolute Gasteiger partial charge is 0.376 e. The van der Waals surface area contributed by atoms with E-state index in [0.29, 0.717) is 18.3 Å². The zero-order valence-electron chi connectivity index (χ0n) is 10.8. The fourth-order valence-corrected chi connectivity index (χ4v) is 2.43. The van der Waals surface area contributed by atoms with E-state index in [1.165, 1.54) is 17.8 Å². The van der Waals surface area contributed by atoms with Gasteiger partial charge < -0.3 is 20.5 Å². The van der Waals surface area contributed by atoms with E-state index < -0.39 is 0 Å². The number of rotatable bonds is 6. The van der Waals surface area contributed by atoms with E-state index in [1.807, 2.05) is 5.38 Å². The molecule has 1 saturated heterocycles. The van der Waals surface area contributed by atoms with Crippen molar-refractivity contribution in [2.75, 3.05) is 25.6 Å². The highest BCUT2D eigenvalue weighted by molar-refractivity contribution is 7.13. The van der Waals surface area contributed by atoms with Crippen LogP contribution in [0.3, 0.4) is 0 Å². The second kappa shape index (κ2) is 7.42. The van der Waals surface area contributed by atoms with E-state index in [2.05, 4.69) is 10.3 Å². The SMILES string of the molecule is Nc1nc(CNC(=O)COCC2CCCCO2)cs1. The van der Waals surface area contributed by atoms with Crippen LogP contribution in [0.25, 0.3) is 0 Å². The lowest BCUT2D eigenvalue weighted by molar-refractivity contribution is -0.128. The lowest BCUT2D eigenvalue weighted by atomic mass is 10.1. The molecule has 2 heterocycles. The molecule has 0 bridgehead atoms. The highest BCUT2D eigenvalue weighted by atomic mass is 32.1. The van der Waals surface area contributed by atoms with Crippen molar-refractivity contribution in [1.29, 1.82) is 0 Å². The third kappa shape index (κ3) is 5.14. The standard InChI is InChI=1S/C12H19N3O3S/c13-12-15-9(8-19-12)5-14-11(16)7-17-6-10-3-1-2-4-18-10/h8,10H,1-7H2,(H2,13,15)(H,14,16). The van der Waals surface area contributed by atoms with Gasteiger partial charge in [-0.3, -0.25) is 4.79 Å². The Labute approximate surface area is 116 Å². The third-order valence-electron chi connectivity index (χ3n) is 2.85. The molecule has 1 amide bonds. The molecule has 2 rings (SSSR count). The third-order valence-corrected chi connectivity index (χ3v) is 3.57. The van der Waals surface area contributed by atoms with Gasteiger partial charge in [0.05, 0.1) is 24.9 Å². The van der Waals surface area contributed by atoms with E-state index in [0.717, 1.165) is 25.1 Å². The van der Waals surface area contributed by atoms with E-state index in [-0.39, 0.29) is 18.6 Å². The molecule has 106 valence electrons. The molecule has 0 aromatic carbocycles. The first-order valence-corrected chi connectivity index (χ1v) is 7.28. The van der Waals surface area contributed by atoms with Gasteiger partial charge >= 0.3 is 0 Å². The van der Waals surface area contributed by atoms with Crippen molar-refractivity contribution >= 4 is 22.4 Å². The van der Waals surface area contributed by atoms with Gasteiger partial charge in [-0.25, -0.2) is 4.98 Å². The van der Waals surface area contributed by atoms with Crippen LogP contribution in [-0.2, 0) is 20.8 Å². The molecular weight excluding hydrogens is 266 g/mol. The highest BCUT2D eigenvalue weighted by Crippen LogP contribution is 2.12. The van der Waals surface area contributed by atoms with E-state index in [9.17, 15) is 4.79 Å². The Morgan fingerprint density at radius 2 is 2.53 bits per heavy atom. The molecule has 1 aliphatic heterocycles. The molecule has 1 aromatic heterocycles. The number of carbonyl (C=O) groups is 1. The van der Waals surface area contributed by atoms with Gasteiger partial charge in [0.2, 0.25) is 5.91 Å². The average Bonchev–Trinajstić information content (AvgIpc) is 2.83. The molecule has 0 aliphatic carbocycles. The molecule has 1 aliphatic rings. The smallest absolute Gasteiger partial charge is 0.246 e. The second-order valence-corrected chi connectivity index (χ2v) is 5.35. The molecule has 0 saturated carbocycles. The molecule has 0 spiro atoms. The van der Waals surface area contributed by atoms with Gasteiger partial charge in [-0.15, -0.1) is 11.3 Å². The summed E-state index contributed by atoms with van der Waals surface area (Å²) in [5.74, 6) is -0.151. The first-order valence-electron chi connectivity index (χ1n) is 6.40. The molecule has 19 heavy (non-hydrogen) atoms. The van der Waals surface area contributed by atoms with Crippen molar-refractivity contribution < 1.29 is 14.3 Å². The summed E-state index contributed by atoms with van der Waals surface area (Å²) in [5.41, 5.74) is 6.27. The van der Waals surface area contributed by atoms with Crippen molar-refractivity contribution in [3.63, 3.8) is 0 Å². The Kier molecular flexibility index (Phi) is 5.56. The summed E-state index contributed by atoms with van der Waals surface area (Å²) >= 11 is 1.36. The summed E-state index contributed by atoms with van der Waals surface area (Å²) < 4.78 is 10.9. The second-order valence-electron chi connectivity index (χ2n) is 4.46. The molecule has 1 unspecified atom stereocenters. The van der Waals surface area contributed by atoms with Crippen molar-refractivity contribution in [1.82, 2.24) is 10.3 Å². The normalized spacial score (nSPS) is 19.3. The number of nitrogen functional groups attached to an aromatic ring is 1. The van der Waals surface area contributed by atoms with Crippen molar-refractivity contribution in [3.8, 4) is 0 Å². The number of hydrogen-bond acceptors (Lipinski definition) is 6. The van der Waals surface area contributed by atoms with Gasteiger partial charge in [0, 0.05) is 12.0 Å². The topological polar surface area (TPSA) is 86.5 Å². The summed E-state index contributed by atoms with van der Waals surface area (Å²) in [6.45, 7) is 1.72. The number of aromatic nitrogens is 1. The maximum atomic E-state index is 11.5. The van der Waals surface area contributed by atoms with Crippen LogP contribution in [0.1, 0.15) is 25.0 Å². The van der Waals surface area contributed by atoms with Gasteiger partial charge in [0.15, 0.2) is 5.13 Å². The van der Waals surface area contributed by atoms with Crippen LogP contribution in [0.15, 0.2) is 5.38 Å². The predicted molar refractivity (Wildman–Crippen MR) is 72.8 cm³/mol. The number of carbonyl (C=O) groups excluding carboxylic acids is 1. The van der Waals surface area contributed by atoms with Crippen LogP contribution in [0.5, 0.6) is 0 Å². The van der Waals surface area contributed by atoms with E-state index in [4.69, 9.17) is 15.2 Å². The van der Waals surface area contributed by atoms with Crippen LogP contribution in [-0.4, -0.2) is 36.8 Å². The Balaban J connectivity index is 1.56. The molecule has 3 N–H and O–H groups in total. The minimum atomic E-state index is -0.151. The first-order chi connectivity index (χ1) is 9.24. The summed E-state index contributed by atoms with van der Waals surface area (Å²) in [6.07, 6.45) is 3.44. The van der Waals surface area contributed by atoms with Crippen molar-refractivity contribution in [3.05, 3.63) is 11.1 Å². The molecular formula is C12H19N3O3S. The number of nitrogens with zero attached hydrogens (tertiary/aromatic N) is 1. The summed E-state index contributed by atoms with van der Waals surface area (Å²) in [6, 6.07) is 0. The molecule has 7 heteroatoms. The Morgan fingerprint density at radius 3 is 3.21 bits per heavy atom. The minimum absolute atomic E-state index is 0.0550. The Bertz CT molecular complexity index is 405. The lowest BCUT2D eigenvalue weighted by Crippen LogP contribution is -2.30. The summed E-state index contributed by atoms with van der Waals surface area (Å²) in [4.78, 5) is 15.6. The zero-order valence-corrected chi connectivity index (χ0v) is 11.6. The monoisotopic (exact) mass is 285 g/mol. The van der Waals surface area contributed by atoms with Crippen LogP contribution < -0.4 is 11.1 Å². The molecule has 1 aromatic rings. The van der Waals surface area contributed by atoms with Crippen LogP contribution in [0.2, 0.25) is 0 Å². The molecule has 1 fully saturated rings. The Morgan fingerprint density at radius 1 is 1.63 bits per heavy atom. The zero-order chi connectivity index (χ0) is 13.5. The van der Waals surface area contributed by atoms with Gasteiger partial charge in [-0.05, 0) is 19.3 Å². The number of nitrogens with one attached hydrogen (secondary N) is 1. The number of ether oxygens (including phenoxy) is 2. The quantitative estimate of drug-likeness (QED) is 0.812. The van der Waals surface area contributed by atoms with Crippen molar-refractivity contribution in [2.24, 2.45) is 0 Å². The number of amides is 1. The highest BCUT2D eigenvalue weighted by Gasteiger charge is 2.14. The number of anilines is 1. The number of nitrogens with two attached hydrogens (primary N) is 1. The fraction of sp³-hybridized carbons (Fsp3) is 0.667. The maximum absolute atomic E-state index is 11.5. The average molecular weight is 285 g/mol. The van der Waals surface area contributed by atoms with Crippen LogP contribution in [0.4, 0.5) is 5.13 Å². The van der Waals surface area contributed by atoms with E-state index in [1.54, 1.807) is 0 Å². The lowest BCUT2D eigenvalue weighted by Gasteiger charge is -2.22. The van der Waals surface area contributed by atoms with Crippen LogP contribution in [0, 0.1) is 0 Å². The van der Waals surface area contributed by atoms with Gasteiger partial charge in [-0.1, -0.05) is 0 Å². The van der Waals surface area contributed by atoms with Gasteiger partial charge in [0.1, 0.15) is 6.61 Å². The van der Waals surface area contributed by atoms with Gasteiger partial charge in [0.25, 0.3) is 0 Å². The van der Waals surface area contributed by atoms with Crippen molar-refractivity contribution in [2.45, 2.75) is 31.9 Å². The number of hydrogen-bond donors (Lipinski definition) is 2.